The largest absolute Gasteiger partial charge is 0.388 e. The number of amides is 1. The van der Waals surface area contributed by atoms with E-state index in [4.69, 9.17) is 0 Å². The van der Waals surface area contributed by atoms with Gasteiger partial charge in [0.15, 0.2) is 0 Å². The first-order valence-electron chi connectivity index (χ1n) is 7.90. The van der Waals surface area contributed by atoms with Gasteiger partial charge in [0.25, 0.3) is 0 Å². The van der Waals surface area contributed by atoms with Crippen LogP contribution in [0.2, 0.25) is 0 Å². The number of rotatable bonds is 5. The monoisotopic (exact) mass is 268 g/mol. The Morgan fingerprint density at radius 1 is 1.05 bits per heavy atom. The Hall–Kier alpha value is -0.610. The second kappa shape index (κ2) is 7.25. The van der Waals surface area contributed by atoms with Crippen molar-refractivity contribution in [3.05, 3.63) is 0 Å². The van der Waals surface area contributed by atoms with Crippen LogP contribution < -0.4 is 10.6 Å². The molecule has 2 aliphatic rings. The van der Waals surface area contributed by atoms with Crippen molar-refractivity contribution in [1.82, 2.24) is 10.6 Å². The summed E-state index contributed by atoms with van der Waals surface area (Å²) in [5.74, 6) is 0.0181. The Bertz CT molecular complexity index is 280. The van der Waals surface area contributed by atoms with Crippen molar-refractivity contribution in [2.24, 2.45) is 0 Å². The highest BCUT2D eigenvalue weighted by atomic mass is 16.3. The van der Waals surface area contributed by atoms with Gasteiger partial charge in [0.2, 0.25) is 5.91 Å². The Morgan fingerprint density at radius 2 is 1.68 bits per heavy atom. The number of carbonyl (C=O) groups excluding carboxylic acids is 1. The molecule has 2 aliphatic carbocycles. The standard InChI is InChI=1S/C15H28N2O2/c18-14(11-16-13-7-3-4-8-13)17-12-15(19)9-5-1-2-6-10-15/h13,16,19H,1-12H2,(H,17,18). The number of hydrogen-bond donors (Lipinski definition) is 3. The van der Waals surface area contributed by atoms with E-state index < -0.39 is 5.60 Å². The Kier molecular flexibility index (Phi) is 5.64. The van der Waals surface area contributed by atoms with Crippen molar-refractivity contribution in [1.29, 1.82) is 0 Å². The minimum Gasteiger partial charge on any atom is -0.388 e. The zero-order valence-electron chi connectivity index (χ0n) is 11.9. The van der Waals surface area contributed by atoms with Crippen molar-refractivity contribution < 1.29 is 9.90 Å². The molecule has 1 amide bonds. The maximum Gasteiger partial charge on any atom is 0.234 e. The van der Waals surface area contributed by atoms with Crippen LogP contribution in [0.15, 0.2) is 0 Å². The lowest BCUT2D eigenvalue weighted by Gasteiger charge is -2.27. The lowest BCUT2D eigenvalue weighted by Crippen LogP contribution is -2.46. The van der Waals surface area contributed by atoms with Crippen LogP contribution in [0.25, 0.3) is 0 Å². The minimum absolute atomic E-state index is 0.0181. The summed E-state index contributed by atoms with van der Waals surface area (Å²) in [6.07, 6.45) is 11.2. The molecule has 0 heterocycles. The molecule has 0 bridgehead atoms. The quantitative estimate of drug-likeness (QED) is 0.665. The average Bonchev–Trinajstić information content (AvgIpc) is 2.83. The maximum absolute atomic E-state index is 11.8. The molecule has 0 saturated heterocycles. The summed E-state index contributed by atoms with van der Waals surface area (Å²) in [4.78, 5) is 11.8. The smallest absolute Gasteiger partial charge is 0.234 e. The zero-order valence-corrected chi connectivity index (χ0v) is 11.9. The Morgan fingerprint density at radius 3 is 2.32 bits per heavy atom. The van der Waals surface area contributed by atoms with Crippen LogP contribution in [0.1, 0.15) is 64.2 Å². The Labute approximate surface area is 116 Å². The third-order valence-electron chi connectivity index (χ3n) is 4.56. The molecule has 0 aromatic carbocycles. The first-order valence-corrected chi connectivity index (χ1v) is 7.90. The Balaban J connectivity index is 1.64. The molecule has 3 N–H and O–H groups in total. The maximum atomic E-state index is 11.8. The molecular weight excluding hydrogens is 240 g/mol. The number of carbonyl (C=O) groups is 1. The summed E-state index contributed by atoms with van der Waals surface area (Å²) in [6.45, 7) is 0.804. The molecule has 0 aromatic rings. The molecule has 0 aromatic heterocycles. The summed E-state index contributed by atoms with van der Waals surface area (Å²) >= 11 is 0. The van der Waals surface area contributed by atoms with Crippen LogP contribution in [0.5, 0.6) is 0 Å². The van der Waals surface area contributed by atoms with E-state index >= 15 is 0 Å². The van der Waals surface area contributed by atoms with Gasteiger partial charge < -0.3 is 15.7 Å². The number of aliphatic hydroxyl groups is 1. The fraction of sp³-hybridized carbons (Fsp3) is 0.933. The van der Waals surface area contributed by atoms with E-state index in [0.717, 1.165) is 25.7 Å². The zero-order chi connectivity index (χ0) is 13.6. The molecule has 0 unspecified atom stereocenters. The second-order valence-electron chi connectivity index (χ2n) is 6.28. The van der Waals surface area contributed by atoms with Gasteiger partial charge in [0.05, 0.1) is 12.1 Å². The van der Waals surface area contributed by atoms with Gasteiger partial charge >= 0.3 is 0 Å². The molecule has 0 aliphatic heterocycles. The van der Waals surface area contributed by atoms with E-state index in [9.17, 15) is 9.90 Å². The number of hydrogen-bond acceptors (Lipinski definition) is 3. The van der Waals surface area contributed by atoms with Crippen LogP contribution in [0.4, 0.5) is 0 Å². The highest BCUT2D eigenvalue weighted by molar-refractivity contribution is 5.78. The molecule has 2 rings (SSSR count). The fourth-order valence-electron chi connectivity index (χ4n) is 3.26. The van der Waals surface area contributed by atoms with Crippen LogP contribution in [0.3, 0.4) is 0 Å². The van der Waals surface area contributed by atoms with Gasteiger partial charge in [-0.1, -0.05) is 38.5 Å². The highest BCUT2D eigenvalue weighted by Gasteiger charge is 2.28. The third-order valence-corrected chi connectivity index (χ3v) is 4.56. The lowest BCUT2D eigenvalue weighted by atomic mass is 9.94. The molecule has 4 heteroatoms. The van der Waals surface area contributed by atoms with E-state index in [1.807, 2.05) is 0 Å². The van der Waals surface area contributed by atoms with E-state index in [1.165, 1.54) is 38.5 Å². The van der Waals surface area contributed by atoms with E-state index in [2.05, 4.69) is 10.6 Å². The normalized spacial score (nSPS) is 24.1. The van der Waals surface area contributed by atoms with Crippen molar-refractivity contribution in [2.45, 2.75) is 75.9 Å². The first kappa shape index (κ1) is 14.8. The van der Waals surface area contributed by atoms with Crippen molar-refractivity contribution in [3.63, 3.8) is 0 Å². The SMILES string of the molecule is O=C(CNC1CCCC1)NCC1(O)CCCCCC1. The summed E-state index contributed by atoms with van der Waals surface area (Å²) in [5, 5.41) is 16.6. The number of nitrogens with one attached hydrogen (secondary N) is 2. The summed E-state index contributed by atoms with van der Waals surface area (Å²) in [5.41, 5.74) is -0.667. The highest BCUT2D eigenvalue weighted by Crippen LogP contribution is 2.26. The topological polar surface area (TPSA) is 61.4 Å². The van der Waals surface area contributed by atoms with Crippen LogP contribution >= 0.6 is 0 Å². The lowest BCUT2D eigenvalue weighted by molar-refractivity contribution is -0.121. The minimum atomic E-state index is -0.667. The first-order chi connectivity index (χ1) is 9.18. The van der Waals surface area contributed by atoms with Crippen molar-refractivity contribution >= 4 is 5.91 Å². The van der Waals surface area contributed by atoms with Crippen molar-refractivity contribution in [2.75, 3.05) is 13.1 Å². The van der Waals surface area contributed by atoms with Gasteiger partial charge in [0.1, 0.15) is 0 Å². The molecule has 19 heavy (non-hydrogen) atoms. The fourth-order valence-corrected chi connectivity index (χ4v) is 3.26. The molecule has 110 valence electrons. The molecule has 2 fully saturated rings. The molecule has 0 radical (unpaired) electrons. The molecule has 4 nitrogen and oxygen atoms in total. The average molecular weight is 268 g/mol. The van der Waals surface area contributed by atoms with Gasteiger partial charge in [-0.05, 0) is 25.7 Å². The van der Waals surface area contributed by atoms with Gasteiger partial charge in [-0.2, -0.15) is 0 Å². The van der Waals surface area contributed by atoms with Gasteiger partial charge in [-0.25, -0.2) is 0 Å². The summed E-state index contributed by atoms with van der Waals surface area (Å²) in [6, 6.07) is 0.520. The van der Waals surface area contributed by atoms with E-state index in [0.29, 0.717) is 19.1 Å². The molecule has 0 spiro atoms. The predicted octanol–water partition coefficient (Wildman–Crippen LogP) is 1.72. The summed E-state index contributed by atoms with van der Waals surface area (Å²) < 4.78 is 0. The van der Waals surface area contributed by atoms with Gasteiger partial charge in [-0.3, -0.25) is 4.79 Å². The van der Waals surface area contributed by atoms with E-state index in [-0.39, 0.29) is 5.91 Å². The van der Waals surface area contributed by atoms with Gasteiger partial charge in [0, 0.05) is 12.6 Å². The van der Waals surface area contributed by atoms with Crippen LogP contribution in [0, 0.1) is 0 Å². The second-order valence-corrected chi connectivity index (χ2v) is 6.28. The van der Waals surface area contributed by atoms with E-state index in [1.54, 1.807) is 0 Å². The molecular formula is C15H28N2O2. The van der Waals surface area contributed by atoms with Crippen molar-refractivity contribution in [3.8, 4) is 0 Å². The molecule has 2 saturated carbocycles. The van der Waals surface area contributed by atoms with Crippen LogP contribution in [-0.4, -0.2) is 35.7 Å². The van der Waals surface area contributed by atoms with Gasteiger partial charge in [-0.15, -0.1) is 0 Å². The third kappa shape index (κ3) is 5.11. The predicted molar refractivity (Wildman–Crippen MR) is 75.9 cm³/mol. The van der Waals surface area contributed by atoms with Crippen LogP contribution in [-0.2, 0) is 4.79 Å². The molecule has 0 atom stereocenters. The summed E-state index contributed by atoms with van der Waals surface area (Å²) in [7, 11) is 0.